The van der Waals surface area contributed by atoms with Crippen LogP contribution in [0.5, 0.6) is 0 Å². The third kappa shape index (κ3) is 7.64. The van der Waals surface area contributed by atoms with Gasteiger partial charge < -0.3 is 10.6 Å². The molecule has 0 aliphatic rings. The summed E-state index contributed by atoms with van der Waals surface area (Å²) >= 11 is 0. The molecule has 0 heterocycles. The molecule has 0 unspecified atom stereocenters. The Morgan fingerprint density at radius 3 is 2.54 bits per heavy atom. The summed E-state index contributed by atoms with van der Waals surface area (Å²) < 4.78 is 51.3. The molecule has 0 aliphatic heterocycles. The molecule has 0 aromatic heterocycles. The number of hydrogen-bond donors (Lipinski definition) is 2. The lowest BCUT2D eigenvalue weighted by Crippen LogP contribution is -2.38. The van der Waals surface area contributed by atoms with Crippen LogP contribution in [0.25, 0.3) is 0 Å². The number of aliphatic imine (C=N–C) groups is 1. The summed E-state index contributed by atoms with van der Waals surface area (Å²) in [5.74, 6) is -0.555. The highest BCUT2D eigenvalue weighted by atomic mass is 32.2. The number of sulfone groups is 1. The van der Waals surface area contributed by atoms with Crippen molar-refractivity contribution in [3.8, 4) is 0 Å². The quantitative estimate of drug-likeness (QED) is 0.379. The molecule has 2 rings (SSSR count). The van der Waals surface area contributed by atoms with Gasteiger partial charge >= 0.3 is 0 Å². The minimum absolute atomic E-state index is 0.0147. The highest BCUT2D eigenvalue weighted by Crippen LogP contribution is 2.10. The van der Waals surface area contributed by atoms with E-state index in [-0.39, 0.29) is 23.6 Å². The zero-order valence-electron chi connectivity index (χ0n) is 15.8. The summed E-state index contributed by atoms with van der Waals surface area (Å²) in [6.07, 6.45) is 0.411. The molecule has 2 N–H and O–H groups in total. The summed E-state index contributed by atoms with van der Waals surface area (Å²) in [6.45, 7) is 2.84. The van der Waals surface area contributed by atoms with Crippen molar-refractivity contribution >= 4 is 15.8 Å². The van der Waals surface area contributed by atoms with Crippen LogP contribution in [0.4, 0.5) is 8.78 Å². The number of benzene rings is 2. The molecule has 0 bridgehead atoms. The summed E-state index contributed by atoms with van der Waals surface area (Å²) in [5, 5.41) is 6.02. The number of hydrogen-bond acceptors (Lipinski definition) is 3. The van der Waals surface area contributed by atoms with Gasteiger partial charge in [0.05, 0.1) is 18.1 Å². The zero-order chi connectivity index (χ0) is 20.4. The molecule has 0 aliphatic carbocycles. The van der Waals surface area contributed by atoms with E-state index in [4.69, 9.17) is 0 Å². The third-order valence-corrected chi connectivity index (χ3v) is 5.60. The Kier molecular flexibility index (Phi) is 8.38. The van der Waals surface area contributed by atoms with Crippen LogP contribution in [0.15, 0.2) is 53.5 Å². The Morgan fingerprint density at radius 1 is 1.07 bits per heavy atom. The molecule has 2 aromatic rings. The van der Waals surface area contributed by atoms with Crippen molar-refractivity contribution in [3.05, 3.63) is 71.3 Å². The van der Waals surface area contributed by atoms with Crippen LogP contribution in [0.3, 0.4) is 0 Å². The Balaban J connectivity index is 1.84. The molecule has 2 aromatic carbocycles. The second-order valence-corrected chi connectivity index (χ2v) is 8.47. The minimum atomic E-state index is -3.20. The van der Waals surface area contributed by atoms with Gasteiger partial charge in [-0.05, 0) is 37.1 Å². The van der Waals surface area contributed by atoms with E-state index in [1.807, 2.05) is 25.1 Å². The summed E-state index contributed by atoms with van der Waals surface area (Å²) in [7, 11) is -3.20. The average molecular weight is 410 g/mol. The molecule has 0 atom stereocenters. The Hall–Kier alpha value is -2.48. The number of rotatable bonds is 9. The molecule has 0 saturated carbocycles. The molecule has 28 heavy (non-hydrogen) atoms. The zero-order valence-corrected chi connectivity index (χ0v) is 16.6. The fourth-order valence-corrected chi connectivity index (χ4v) is 4.00. The van der Waals surface area contributed by atoms with Gasteiger partial charge in [-0.1, -0.05) is 30.3 Å². The largest absolute Gasteiger partial charge is 0.357 e. The van der Waals surface area contributed by atoms with E-state index < -0.39 is 21.5 Å². The van der Waals surface area contributed by atoms with Gasteiger partial charge in [-0.15, -0.1) is 0 Å². The SMILES string of the molecule is CCNC(=NCc1cc(F)ccc1F)NCCCS(=O)(=O)Cc1ccccc1. The molecule has 0 amide bonds. The van der Waals surface area contributed by atoms with E-state index in [1.165, 1.54) is 0 Å². The first-order valence-electron chi connectivity index (χ1n) is 9.10. The van der Waals surface area contributed by atoms with Crippen LogP contribution in [-0.2, 0) is 22.1 Å². The van der Waals surface area contributed by atoms with Crippen molar-refractivity contribution < 1.29 is 17.2 Å². The van der Waals surface area contributed by atoms with Crippen LogP contribution in [0.2, 0.25) is 0 Å². The van der Waals surface area contributed by atoms with Gasteiger partial charge in [-0.2, -0.15) is 0 Å². The lowest BCUT2D eigenvalue weighted by Gasteiger charge is -2.12. The fourth-order valence-electron chi connectivity index (χ4n) is 2.57. The molecule has 0 spiro atoms. The van der Waals surface area contributed by atoms with Gasteiger partial charge in [0.1, 0.15) is 11.6 Å². The van der Waals surface area contributed by atoms with E-state index in [1.54, 1.807) is 12.1 Å². The number of nitrogens with zero attached hydrogens (tertiary/aromatic N) is 1. The fraction of sp³-hybridized carbons (Fsp3) is 0.350. The van der Waals surface area contributed by atoms with Crippen LogP contribution in [-0.4, -0.2) is 33.2 Å². The lowest BCUT2D eigenvalue weighted by molar-refractivity contribution is 0.585. The maximum absolute atomic E-state index is 13.7. The second kappa shape index (κ2) is 10.8. The van der Waals surface area contributed by atoms with Crippen LogP contribution in [0.1, 0.15) is 24.5 Å². The normalized spacial score (nSPS) is 12.0. The number of halogens is 2. The van der Waals surface area contributed by atoms with E-state index >= 15 is 0 Å². The number of nitrogens with one attached hydrogen (secondary N) is 2. The van der Waals surface area contributed by atoms with Gasteiger partial charge in [-0.3, -0.25) is 0 Å². The Bertz CT molecular complexity index is 888. The van der Waals surface area contributed by atoms with Crippen LogP contribution in [0, 0.1) is 11.6 Å². The van der Waals surface area contributed by atoms with Crippen molar-refractivity contribution in [2.45, 2.75) is 25.6 Å². The molecule has 0 radical (unpaired) electrons. The van der Waals surface area contributed by atoms with Gasteiger partial charge in [0.15, 0.2) is 15.8 Å². The van der Waals surface area contributed by atoms with Crippen molar-refractivity contribution in [1.29, 1.82) is 0 Å². The molecular formula is C20H25F2N3O2S. The standard InChI is InChI=1S/C20H25F2N3O2S/c1-2-23-20(25-14-17-13-18(21)9-10-19(17)22)24-11-6-12-28(26,27)15-16-7-4-3-5-8-16/h3-5,7-10,13H,2,6,11-12,14-15H2,1H3,(H2,23,24,25). The summed E-state index contributed by atoms with van der Waals surface area (Å²) in [5.41, 5.74) is 0.921. The maximum atomic E-state index is 13.7. The Labute approximate surface area is 164 Å². The van der Waals surface area contributed by atoms with E-state index in [0.29, 0.717) is 25.5 Å². The van der Waals surface area contributed by atoms with Crippen molar-refractivity contribution in [2.24, 2.45) is 4.99 Å². The lowest BCUT2D eigenvalue weighted by atomic mass is 10.2. The first kappa shape index (κ1) is 21.8. The topological polar surface area (TPSA) is 70.6 Å². The third-order valence-electron chi connectivity index (χ3n) is 3.91. The highest BCUT2D eigenvalue weighted by Gasteiger charge is 2.11. The van der Waals surface area contributed by atoms with Gasteiger partial charge in [0.25, 0.3) is 0 Å². The predicted octanol–water partition coefficient (Wildman–Crippen LogP) is 3.03. The molecule has 0 saturated heterocycles. The van der Waals surface area contributed by atoms with Crippen molar-refractivity contribution in [3.63, 3.8) is 0 Å². The smallest absolute Gasteiger partial charge is 0.191 e. The molecule has 152 valence electrons. The molecule has 5 nitrogen and oxygen atoms in total. The summed E-state index contributed by atoms with van der Waals surface area (Å²) in [4.78, 5) is 4.23. The first-order chi connectivity index (χ1) is 13.4. The van der Waals surface area contributed by atoms with E-state index in [2.05, 4.69) is 15.6 Å². The maximum Gasteiger partial charge on any atom is 0.191 e. The number of guanidine groups is 1. The van der Waals surface area contributed by atoms with E-state index in [9.17, 15) is 17.2 Å². The molecule has 0 fully saturated rings. The van der Waals surface area contributed by atoms with E-state index in [0.717, 1.165) is 23.8 Å². The minimum Gasteiger partial charge on any atom is -0.357 e. The van der Waals surface area contributed by atoms with Crippen molar-refractivity contribution in [1.82, 2.24) is 10.6 Å². The molecule has 8 heteroatoms. The second-order valence-electron chi connectivity index (χ2n) is 6.29. The van der Waals surface area contributed by atoms with Gasteiger partial charge in [-0.25, -0.2) is 22.2 Å². The van der Waals surface area contributed by atoms with Crippen molar-refractivity contribution in [2.75, 3.05) is 18.8 Å². The molecular weight excluding hydrogens is 384 g/mol. The highest BCUT2D eigenvalue weighted by molar-refractivity contribution is 7.90. The van der Waals surface area contributed by atoms with Gasteiger partial charge in [0, 0.05) is 18.7 Å². The average Bonchev–Trinajstić information content (AvgIpc) is 2.66. The van der Waals surface area contributed by atoms with Gasteiger partial charge in [0.2, 0.25) is 0 Å². The predicted molar refractivity (Wildman–Crippen MR) is 108 cm³/mol. The van der Waals surface area contributed by atoms with Crippen LogP contribution >= 0.6 is 0 Å². The monoisotopic (exact) mass is 409 g/mol. The summed E-state index contributed by atoms with van der Waals surface area (Å²) in [6, 6.07) is 12.3. The van der Waals surface area contributed by atoms with Crippen LogP contribution < -0.4 is 10.6 Å². The Morgan fingerprint density at radius 2 is 1.82 bits per heavy atom. The first-order valence-corrected chi connectivity index (χ1v) is 10.9.